The molecule has 1 fully saturated rings. The van der Waals surface area contributed by atoms with Crippen molar-refractivity contribution in [3.05, 3.63) is 35.9 Å². The van der Waals surface area contributed by atoms with Crippen LogP contribution in [0, 0.1) is 5.92 Å². The Balaban J connectivity index is 0.00000392. The van der Waals surface area contributed by atoms with Gasteiger partial charge in [0.05, 0.1) is 19.8 Å². The number of halogens is 1. The Hall–Kier alpha value is -0.510. The number of guanidine groups is 1. The van der Waals surface area contributed by atoms with Gasteiger partial charge in [0.2, 0.25) is 0 Å². The van der Waals surface area contributed by atoms with Gasteiger partial charge in [0.1, 0.15) is 0 Å². The largest absolute Gasteiger partial charge is 0.381 e. The highest BCUT2D eigenvalue weighted by Gasteiger charge is 2.31. The zero-order chi connectivity index (χ0) is 19.4. The molecule has 1 heterocycles. The van der Waals surface area contributed by atoms with Crippen LogP contribution in [0.3, 0.4) is 0 Å². The molecule has 1 aromatic carbocycles. The molecule has 28 heavy (non-hydrogen) atoms. The average Bonchev–Trinajstić information content (AvgIpc) is 2.71. The fraction of sp³-hybridized carbons (Fsp3) is 0.667. The summed E-state index contributed by atoms with van der Waals surface area (Å²) in [6.45, 7) is 9.91. The summed E-state index contributed by atoms with van der Waals surface area (Å²) in [6.07, 6.45) is 4.33. The van der Waals surface area contributed by atoms with Crippen LogP contribution in [0.1, 0.15) is 32.3 Å². The molecule has 0 amide bonds. The van der Waals surface area contributed by atoms with Crippen molar-refractivity contribution >= 4 is 41.7 Å². The van der Waals surface area contributed by atoms with E-state index in [1.165, 1.54) is 5.56 Å². The second-order valence-electron chi connectivity index (χ2n) is 7.18. The Morgan fingerprint density at radius 2 is 1.96 bits per heavy atom. The van der Waals surface area contributed by atoms with Gasteiger partial charge in [0.15, 0.2) is 5.96 Å². The van der Waals surface area contributed by atoms with E-state index in [0.717, 1.165) is 58.3 Å². The minimum atomic E-state index is 0. The SMILES string of the molecule is CCNC(=NCC1(SC)CCOCC1)NCC(C)COCc1ccccc1.I. The monoisotopic (exact) mass is 521 g/mol. The molecule has 1 aromatic rings. The lowest BCUT2D eigenvalue weighted by molar-refractivity contribution is 0.0794. The lowest BCUT2D eigenvalue weighted by Gasteiger charge is -2.34. The smallest absolute Gasteiger partial charge is 0.191 e. The van der Waals surface area contributed by atoms with Crippen molar-refractivity contribution in [3.63, 3.8) is 0 Å². The molecular formula is C21H36IN3O2S. The first kappa shape index (κ1) is 25.5. The normalized spacial score (nSPS) is 17.5. The van der Waals surface area contributed by atoms with Crippen LogP contribution in [0.2, 0.25) is 0 Å². The molecule has 2 rings (SSSR count). The highest BCUT2D eigenvalue weighted by Crippen LogP contribution is 2.33. The fourth-order valence-corrected chi connectivity index (χ4v) is 3.79. The van der Waals surface area contributed by atoms with Crippen LogP contribution in [0.25, 0.3) is 0 Å². The van der Waals surface area contributed by atoms with Gasteiger partial charge >= 0.3 is 0 Å². The average molecular weight is 522 g/mol. The topological polar surface area (TPSA) is 54.9 Å². The Morgan fingerprint density at radius 1 is 1.25 bits per heavy atom. The van der Waals surface area contributed by atoms with Gasteiger partial charge < -0.3 is 20.1 Å². The van der Waals surface area contributed by atoms with Gasteiger partial charge in [0, 0.05) is 31.1 Å². The molecule has 0 bridgehead atoms. The quantitative estimate of drug-likeness (QED) is 0.278. The molecule has 5 nitrogen and oxygen atoms in total. The van der Waals surface area contributed by atoms with Crippen molar-refractivity contribution in [2.24, 2.45) is 10.9 Å². The van der Waals surface area contributed by atoms with E-state index in [2.05, 4.69) is 42.9 Å². The molecule has 1 unspecified atom stereocenters. The first-order valence-corrected chi connectivity index (χ1v) is 11.2. The molecular weight excluding hydrogens is 485 g/mol. The molecule has 0 aliphatic carbocycles. The van der Waals surface area contributed by atoms with E-state index in [-0.39, 0.29) is 28.7 Å². The van der Waals surface area contributed by atoms with Crippen LogP contribution in [0.4, 0.5) is 0 Å². The number of ether oxygens (including phenoxy) is 2. The summed E-state index contributed by atoms with van der Waals surface area (Å²) in [6, 6.07) is 10.3. The summed E-state index contributed by atoms with van der Waals surface area (Å²) in [5.41, 5.74) is 1.21. The van der Waals surface area contributed by atoms with Crippen molar-refractivity contribution in [3.8, 4) is 0 Å². The second-order valence-corrected chi connectivity index (χ2v) is 8.46. The molecule has 0 radical (unpaired) electrons. The fourth-order valence-electron chi connectivity index (χ4n) is 3.02. The van der Waals surface area contributed by atoms with Crippen LogP contribution in [0.5, 0.6) is 0 Å². The summed E-state index contributed by atoms with van der Waals surface area (Å²) in [5, 5.41) is 6.83. The lowest BCUT2D eigenvalue weighted by atomic mass is 9.99. The Labute approximate surface area is 191 Å². The summed E-state index contributed by atoms with van der Waals surface area (Å²) >= 11 is 1.92. The maximum atomic E-state index is 5.84. The van der Waals surface area contributed by atoms with E-state index in [9.17, 15) is 0 Å². The van der Waals surface area contributed by atoms with Crippen LogP contribution in [0.15, 0.2) is 35.3 Å². The molecule has 0 spiro atoms. The molecule has 160 valence electrons. The van der Waals surface area contributed by atoms with E-state index in [0.29, 0.717) is 12.5 Å². The number of hydrogen-bond acceptors (Lipinski definition) is 4. The van der Waals surface area contributed by atoms with Gasteiger partial charge in [-0.2, -0.15) is 11.8 Å². The van der Waals surface area contributed by atoms with Crippen LogP contribution in [-0.2, 0) is 16.1 Å². The molecule has 1 aliphatic rings. The second kappa shape index (κ2) is 14.5. The molecule has 1 atom stereocenters. The third kappa shape index (κ3) is 9.33. The molecule has 7 heteroatoms. The number of nitrogens with zero attached hydrogens (tertiary/aromatic N) is 1. The highest BCUT2D eigenvalue weighted by molar-refractivity contribution is 14.0. The first-order valence-electron chi connectivity index (χ1n) is 9.94. The number of aliphatic imine (C=N–C) groups is 1. The number of benzene rings is 1. The minimum Gasteiger partial charge on any atom is -0.381 e. The van der Waals surface area contributed by atoms with Gasteiger partial charge in [-0.1, -0.05) is 37.3 Å². The summed E-state index contributed by atoms with van der Waals surface area (Å²) in [4.78, 5) is 4.86. The maximum Gasteiger partial charge on any atom is 0.191 e. The summed E-state index contributed by atoms with van der Waals surface area (Å²) in [7, 11) is 0. The number of rotatable bonds is 10. The van der Waals surface area contributed by atoms with Crippen LogP contribution >= 0.6 is 35.7 Å². The predicted molar refractivity (Wildman–Crippen MR) is 131 cm³/mol. The number of hydrogen-bond donors (Lipinski definition) is 2. The molecule has 0 saturated carbocycles. The zero-order valence-corrected chi connectivity index (χ0v) is 20.6. The van der Waals surface area contributed by atoms with E-state index >= 15 is 0 Å². The molecule has 0 aromatic heterocycles. The number of thioether (sulfide) groups is 1. The third-order valence-corrected chi connectivity index (χ3v) is 6.24. The van der Waals surface area contributed by atoms with E-state index in [4.69, 9.17) is 14.5 Å². The van der Waals surface area contributed by atoms with Gasteiger partial charge in [0.25, 0.3) is 0 Å². The van der Waals surface area contributed by atoms with Crippen LogP contribution < -0.4 is 10.6 Å². The van der Waals surface area contributed by atoms with Crippen molar-refractivity contribution in [2.45, 2.75) is 38.0 Å². The van der Waals surface area contributed by atoms with E-state index < -0.39 is 0 Å². The van der Waals surface area contributed by atoms with E-state index in [1.807, 2.05) is 30.0 Å². The Bertz CT molecular complexity index is 554. The minimum absolute atomic E-state index is 0. The Kier molecular flexibility index (Phi) is 13.2. The summed E-state index contributed by atoms with van der Waals surface area (Å²) < 4.78 is 11.6. The van der Waals surface area contributed by atoms with Gasteiger partial charge in [-0.15, -0.1) is 24.0 Å². The third-order valence-electron chi connectivity index (χ3n) is 4.84. The standard InChI is InChI=1S/C21H35N3O2S.HI/c1-4-22-20(24-17-21(27-3)10-12-25-13-11-21)23-14-18(2)15-26-16-19-8-6-5-7-9-19;/h5-9,18H,4,10-17H2,1-3H3,(H2,22,23,24);1H. The van der Waals surface area contributed by atoms with Gasteiger partial charge in [-0.25, -0.2) is 0 Å². The van der Waals surface area contributed by atoms with Crippen molar-refractivity contribution < 1.29 is 9.47 Å². The Morgan fingerprint density at radius 3 is 2.61 bits per heavy atom. The van der Waals surface area contributed by atoms with Crippen LogP contribution in [-0.4, -0.2) is 56.4 Å². The first-order chi connectivity index (χ1) is 13.2. The predicted octanol–water partition coefficient (Wildman–Crippen LogP) is 3.92. The summed E-state index contributed by atoms with van der Waals surface area (Å²) in [5.74, 6) is 1.31. The lowest BCUT2D eigenvalue weighted by Crippen LogP contribution is -2.42. The van der Waals surface area contributed by atoms with Crippen molar-refractivity contribution in [1.82, 2.24) is 10.6 Å². The van der Waals surface area contributed by atoms with Crippen molar-refractivity contribution in [2.75, 3.05) is 45.7 Å². The number of nitrogens with one attached hydrogen (secondary N) is 2. The molecule has 2 N–H and O–H groups in total. The van der Waals surface area contributed by atoms with Gasteiger partial charge in [-0.3, -0.25) is 4.99 Å². The van der Waals surface area contributed by atoms with E-state index in [1.54, 1.807) is 0 Å². The van der Waals surface area contributed by atoms with Crippen molar-refractivity contribution in [1.29, 1.82) is 0 Å². The maximum absolute atomic E-state index is 5.84. The van der Waals surface area contributed by atoms with Gasteiger partial charge in [-0.05, 0) is 37.5 Å². The highest BCUT2D eigenvalue weighted by atomic mass is 127. The molecule has 1 aliphatic heterocycles. The molecule has 1 saturated heterocycles. The zero-order valence-electron chi connectivity index (χ0n) is 17.4.